The summed E-state index contributed by atoms with van der Waals surface area (Å²) in [6, 6.07) is 11.3. The second-order valence-corrected chi connectivity index (χ2v) is 6.98. The highest BCUT2D eigenvalue weighted by Gasteiger charge is 2.16. The van der Waals surface area contributed by atoms with Crippen LogP contribution in [0.2, 0.25) is 5.02 Å². The van der Waals surface area contributed by atoms with E-state index >= 15 is 0 Å². The van der Waals surface area contributed by atoms with Crippen molar-refractivity contribution in [2.75, 3.05) is 23.3 Å². The summed E-state index contributed by atoms with van der Waals surface area (Å²) in [7, 11) is 0. The molecule has 1 heterocycles. The van der Waals surface area contributed by atoms with Gasteiger partial charge in [-0.05, 0) is 56.7 Å². The Balaban J connectivity index is 1.89. The molecule has 3 rings (SSSR count). The topological polar surface area (TPSA) is 88.4 Å². The number of anilines is 2. The number of non-ortho nitro benzene ring substituents is 1. The third-order valence-corrected chi connectivity index (χ3v) is 5.07. The zero-order valence-corrected chi connectivity index (χ0v) is 17.2. The largest absolute Gasteiger partial charge is 0.357 e. The molecule has 0 saturated heterocycles. The number of aryl methyl sites for hydroxylation is 1. The number of amides is 1. The Morgan fingerprint density at radius 3 is 2.52 bits per heavy atom. The number of rotatable bonds is 6. The van der Waals surface area contributed by atoms with E-state index in [0.29, 0.717) is 5.69 Å². The fourth-order valence-corrected chi connectivity index (χ4v) is 3.42. The van der Waals surface area contributed by atoms with Gasteiger partial charge >= 0.3 is 0 Å². The van der Waals surface area contributed by atoms with Gasteiger partial charge in [0.15, 0.2) is 0 Å². The standard InChI is InChI=1S/C21H21ClN4O3/c1-4-25(5-2)20-10-13(3)17-11-14(6-9-19(17)24-20)23-21(27)16-8-7-15(26(28)29)12-18(16)22/h6-12H,4-5H2,1-3H3,(H,23,27). The van der Waals surface area contributed by atoms with E-state index in [2.05, 4.69) is 24.1 Å². The first-order valence-electron chi connectivity index (χ1n) is 9.25. The number of hydrogen-bond donors (Lipinski definition) is 1. The molecular weight excluding hydrogens is 392 g/mol. The van der Waals surface area contributed by atoms with Crippen molar-refractivity contribution in [1.82, 2.24) is 4.98 Å². The molecule has 29 heavy (non-hydrogen) atoms. The Morgan fingerprint density at radius 1 is 1.17 bits per heavy atom. The van der Waals surface area contributed by atoms with Crippen molar-refractivity contribution < 1.29 is 9.72 Å². The van der Waals surface area contributed by atoms with Gasteiger partial charge in [0, 0.05) is 36.3 Å². The molecule has 1 aromatic heterocycles. The highest BCUT2D eigenvalue weighted by Crippen LogP contribution is 2.27. The molecule has 0 aliphatic rings. The van der Waals surface area contributed by atoms with Gasteiger partial charge in [0.05, 0.1) is 21.0 Å². The van der Waals surface area contributed by atoms with E-state index < -0.39 is 10.8 Å². The fraction of sp³-hybridized carbons (Fsp3) is 0.238. The molecule has 0 aliphatic carbocycles. The Hall–Kier alpha value is -3.19. The lowest BCUT2D eigenvalue weighted by molar-refractivity contribution is -0.384. The Labute approximate surface area is 173 Å². The summed E-state index contributed by atoms with van der Waals surface area (Å²) in [5.74, 6) is 0.490. The minimum absolute atomic E-state index is 0.0270. The summed E-state index contributed by atoms with van der Waals surface area (Å²) in [5.41, 5.74) is 2.50. The maximum Gasteiger partial charge on any atom is 0.270 e. The molecule has 0 aliphatic heterocycles. The zero-order chi connectivity index (χ0) is 21.1. The van der Waals surface area contributed by atoms with Crippen LogP contribution >= 0.6 is 11.6 Å². The molecule has 150 valence electrons. The van der Waals surface area contributed by atoms with Crippen LogP contribution in [-0.2, 0) is 0 Å². The van der Waals surface area contributed by atoms with Crippen LogP contribution in [0.4, 0.5) is 17.2 Å². The lowest BCUT2D eigenvalue weighted by atomic mass is 10.1. The normalized spacial score (nSPS) is 10.8. The number of halogens is 1. The molecule has 7 nitrogen and oxygen atoms in total. The average molecular weight is 413 g/mol. The van der Waals surface area contributed by atoms with Gasteiger partial charge in [0.1, 0.15) is 5.82 Å². The Bertz CT molecular complexity index is 1100. The second-order valence-electron chi connectivity index (χ2n) is 6.58. The third kappa shape index (κ3) is 4.30. The van der Waals surface area contributed by atoms with E-state index in [1.807, 2.05) is 25.1 Å². The van der Waals surface area contributed by atoms with Gasteiger partial charge in [0.2, 0.25) is 0 Å². The van der Waals surface area contributed by atoms with E-state index in [1.54, 1.807) is 6.07 Å². The van der Waals surface area contributed by atoms with Crippen LogP contribution in [0, 0.1) is 17.0 Å². The molecule has 3 aromatic rings. The van der Waals surface area contributed by atoms with Crippen LogP contribution in [-0.4, -0.2) is 28.9 Å². The van der Waals surface area contributed by atoms with Crippen molar-refractivity contribution in [2.45, 2.75) is 20.8 Å². The van der Waals surface area contributed by atoms with Gasteiger partial charge in [-0.2, -0.15) is 0 Å². The van der Waals surface area contributed by atoms with Gasteiger partial charge in [-0.25, -0.2) is 4.98 Å². The minimum atomic E-state index is -0.556. The predicted octanol–water partition coefficient (Wildman–Crippen LogP) is 5.20. The number of nitro groups is 1. The van der Waals surface area contributed by atoms with Gasteiger partial charge in [-0.15, -0.1) is 0 Å². The molecular formula is C21H21ClN4O3. The number of aromatic nitrogens is 1. The van der Waals surface area contributed by atoms with Gasteiger partial charge in [-0.3, -0.25) is 14.9 Å². The first-order valence-corrected chi connectivity index (χ1v) is 9.63. The number of nitro benzene ring substituents is 1. The lowest BCUT2D eigenvalue weighted by Gasteiger charge is -2.21. The van der Waals surface area contributed by atoms with E-state index in [9.17, 15) is 14.9 Å². The van der Waals surface area contributed by atoms with Crippen LogP contribution < -0.4 is 10.2 Å². The van der Waals surface area contributed by atoms with E-state index in [4.69, 9.17) is 16.6 Å². The Kier molecular flexibility index (Phi) is 5.98. The number of hydrogen-bond acceptors (Lipinski definition) is 5. The minimum Gasteiger partial charge on any atom is -0.357 e. The van der Waals surface area contributed by atoms with Crippen LogP contribution in [0.5, 0.6) is 0 Å². The average Bonchev–Trinajstić information content (AvgIpc) is 2.69. The fourth-order valence-electron chi connectivity index (χ4n) is 3.16. The number of nitrogens with one attached hydrogen (secondary N) is 1. The van der Waals surface area contributed by atoms with Crippen LogP contribution in [0.25, 0.3) is 10.9 Å². The number of carbonyl (C=O) groups is 1. The summed E-state index contributed by atoms with van der Waals surface area (Å²) >= 11 is 6.05. The van der Waals surface area contributed by atoms with Crippen molar-refractivity contribution in [3.63, 3.8) is 0 Å². The molecule has 8 heteroatoms. The van der Waals surface area contributed by atoms with Crippen molar-refractivity contribution in [3.8, 4) is 0 Å². The summed E-state index contributed by atoms with van der Waals surface area (Å²) < 4.78 is 0. The van der Waals surface area contributed by atoms with Gasteiger partial charge < -0.3 is 10.2 Å². The molecule has 2 aromatic carbocycles. The molecule has 0 saturated carbocycles. The highest BCUT2D eigenvalue weighted by atomic mass is 35.5. The van der Waals surface area contributed by atoms with Crippen molar-refractivity contribution in [1.29, 1.82) is 0 Å². The van der Waals surface area contributed by atoms with Crippen molar-refractivity contribution >= 4 is 45.6 Å². The molecule has 0 radical (unpaired) electrons. The SMILES string of the molecule is CCN(CC)c1cc(C)c2cc(NC(=O)c3ccc([N+](=O)[O-])cc3Cl)ccc2n1. The van der Waals surface area contributed by atoms with Crippen LogP contribution in [0.1, 0.15) is 29.8 Å². The second kappa shape index (κ2) is 8.45. The summed E-state index contributed by atoms with van der Waals surface area (Å²) in [4.78, 5) is 29.7. The highest BCUT2D eigenvalue weighted by molar-refractivity contribution is 6.34. The van der Waals surface area contributed by atoms with Crippen molar-refractivity contribution in [2.24, 2.45) is 0 Å². The van der Waals surface area contributed by atoms with Crippen LogP contribution in [0.15, 0.2) is 42.5 Å². The van der Waals surface area contributed by atoms with Crippen LogP contribution in [0.3, 0.4) is 0 Å². The number of pyridine rings is 1. The maximum absolute atomic E-state index is 12.6. The summed E-state index contributed by atoms with van der Waals surface area (Å²) in [5, 5.41) is 14.6. The molecule has 0 spiro atoms. The summed E-state index contributed by atoms with van der Waals surface area (Å²) in [6.45, 7) is 7.94. The molecule has 1 N–H and O–H groups in total. The first-order chi connectivity index (χ1) is 13.8. The monoisotopic (exact) mass is 412 g/mol. The van der Waals surface area contributed by atoms with E-state index in [-0.39, 0.29) is 16.3 Å². The number of fused-ring (bicyclic) bond motifs is 1. The molecule has 0 fully saturated rings. The smallest absolute Gasteiger partial charge is 0.270 e. The number of benzene rings is 2. The molecule has 0 atom stereocenters. The molecule has 0 unspecified atom stereocenters. The van der Waals surface area contributed by atoms with Crippen molar-refractivity contribution in [3.05, 3.63) is 68.7 Å². The first kappa shape index (κ1) is 20.5. The number of carbonyl (C=O) groups excluding carboxylic acids is 1. The molecule has 0 bridgehead atoms. The van der Waals surface area contributed by atoms with E-state index in [0.717, 1.165) is 35.4 Å². The third-order valence-electron chi connectivity index (χ3n) is 4.76. The summed E-state index contributed by atoms with van der Waals surface area (Å²) in [6.07, 6.45) is 0. The number of nitrogens with zero attached hydrogens (tertiary/aromatic N) is 3. The quantitative estimate of drug-likeness (QED) is 0.443. The lowest BCUT2D eigenvalue weighted by Crippen LogP contribution is -2.23. The van der Waals surface area contributed by atoms with Gasteiger partial charge in [-0.1, -0.05) is 11.6 Å². The van der Waals surface area contributed by atoms with Gasteiger partial charge in [0.25, 0.3) is 11.6 Å². The maximum atomic E-state index is 12.6. The molecule has 1 amide bonds. The predicted molar refractivity (Wildman–Crippen MR) is 116 cm³/mol. The van der Waals surface area contributed by atoms with E-state index in [1.165, 1.54) is 18.2 Å². The zero-order valence-electron chi connectivity index (χ0n) is 16.4. The Morgan fingerprint density at radius 2 is 1.90 bits per heavy atom.